The minimum atomic E-state index is -1.03. The number of hydrogen-bond donors (Lipinski definition) is 1. The third-order valence-electron chi connectivity index (χ3n) is 7.51. The highest BCUT2D eigenvalue weighted by atomic mass is 35.5. The molecule has 1 aliphatic carbocycles. The second kappa shape index (κ2) is 13.0. The molecule has 0 spiro atoms. The number of nitrogens with one attached hydrogen (secondary N) is 1. The predicted octanol–water partition coefficient (Wildman–Crippen LogP) is 7.02. The van der Waals surface area contributed by atoms with Gasteiger partial charge in [-0.25, -0.2) is 18.3 Å². The molecule has 1 aliphatic rings. The number of aromatic nitrogens is 2. The highest BCUT2D eigenvalue weighted by Crippen LogP contribution is 2.38. The molecule has 5 rings (SSSR count). The molecule has 0 saturated carbocycles. The highest BCUT2D eigenvalue weighted by molar-refractivity contribution is 6.35. The Hall–Kier alpha value is -3.75. The Balaban J connectivity index is 1.56. The summed E-state index contributed by atoms with van der Waals surface area (Å²) in [6.07, 6.45) is 3.76. The van der Waals surface area contributed by atoms with Crippen LogP contribution in [0.1, 0.15) is 58.1 Å². The van der Waals surface area contributed by atoms with Crippen LogP contribution in [0.2, 0.25) is 10.0 Å². The molecule has 0 bridgehead atoms. The van der Waals surface area contributed by atoms with Crippen LogP contribution in [0.15, 0.2) is 66.7 Å². The van der Waals surface area contributed by atoms with E-state index in [1.807, 2.05) is 6.07 Å². The summed E-state index contributed by atoms with van der Waals surface area (Å²) in [6.45, 7) is 0. The number of nitrogens with zero attached hydrogens (tertiary/aromatic N) is 2. The maximum atomic E-state index is 14.1. The van der Waals surface area contributed by atoms with E-state index in [1.165, 1.54) is 31.4 Å². The minimum absolute atomic E-state index is 0.0827. The molecule has 0 aliphatic heterocycles. The zero-order chi connectivity index (χ0) is 29.8. The molecule has 6 nitrogen and oxygen atoms in total. The lowest BCUT2D eigenvalue weighted by Crippen LogP contribution is -2.43. The molecule has 10 heteroatoms. The van der Waals surface area contributed by atoms with Crippen molar-refractivity contribution in [1.82, 2.24) is 15.1 Å². The summed E-state index contributed by atoms with van der Waals surface area (Å²) in [5.74, 6) is -1.98. The van der Waals surface area contributed by atoms with Crippen LogP contribution in [0.3, 0.4) is 0 Å². The van der Waals surface area contributed by atoms with Crippen molar-refractivity contribution in [1.29, 1.82) is 0 Å². The van der Waals surface area contributed by atoms with Crippen LogP contribution >= 0.6 is 23.2 Å². The zero-order valence-electron chi connectivity index (χ0n) is 22.9. The van der Waals surface area contributed by atoms with Crippen LogP contribution in [0.5, 0.6) is 0 Å². The summed E-state index contributed by atoms with van der Waals surface area (Å²) in [6, 6.07) is 16.2. The van der Waals surface area contributed by atoms with Gasteiger partial charge >= 0.3 is 5.97 Å². The number of hydrogen-bond acceptors (Lipinski definition) is 4. The van der Waals surface area contributed by atoms with E-state index in [1.54, 1.807) is 41.1 Å². The van der Waals surface area contributed by atoms with Crippen LogP contribution in [0.4, 0.5) is 8.78 Å². The number of halogens is 4. The Morgan fingerprint density at radius 3 is 2.52 bits per heavy atom. The van der Waals surface area contributed by atoms with Gasteiger partial charge in [0, 0.05) is 22.9 Å². The van der Waals surface area contributed by atoms with E-state index in [2.05, 4.69) is 5.32 Å². The summed E-state index contributed by atoms with van der Waals surface area (Å²) < 4.78 is 34.2. The normalized spacial score (nSPS) is 15.4. The fourth-order valence-corrected chi connectivity index (χ4v) is 6.03. The number of esters is 1. The van der Waals surface area contributed by atoms with Crippen molar-refractivity contribution in [2.75, 3.05) is 7.11 Å². The Morgan fingerprint density at radius 2 is 1.81 bits per heavy atom. The van der Waals surface area contributed by atoms with Gasteiger partial charge in [0.1, 0.15) is 17.7 Å². The van der Waals surface area contributed by atoms with Gasteiger partial charge in [-0.05, 0) is 79.3 Å². The van der Waals surface area contributed by atoms with Gasteiger partial charge in [-0.3, -0.25) is 4.79 Å². The second-order valence-electron chi connectivity index (χ2n) is 10.4. The van der Waals surface area contributed by atoms with Crippen molar-refractivity contribution >= 4 is 35.1 Å². The molecule has 2 atom stereocenters. The lowest BCUT2D eigenvalue weighted by Gasteiger charge is -2.19. The Morgan fingerprint density at radius 1 is 1.02 bits per heavy atom. The van der Waals surface area contributed by atoms with Gasteiger partial charge in [-0.15, -0.1) is 0 Å². The molecular weight excluding hydrogens is 583 g/mol. The number of fused-ring (bicyclic) bond motifs is 1. The summed E-state index contributed by atoms with van der Waals surface area (Å²) in [4.78, 5) is 26.5. The van der Waals surface area contributed by atoms with Gasteiger partial charge in [0.15, 0.2) is 5.69 Å². The maximum Gasteiger partial charge on any atom is 0.328 e. The molecule has 1 N–H and O–H groups in total. The molecule has 1 heterocycles. The lowest BCUT2D eigenvalue weighted by atomic mass is 9.90. The summed E-state index contributed by atoms with van der Waals surface area (Å²) >= 11 is 12.8. The molecule has 218 valence electrons. The SMILES string of the molecule is COC(=O)[C@@H](Cc1ccc(F)cc1)NC(=O)c1nn(-c2ccc(Cl)cc2Cl)c2c1CCCC[C@H]2Cc1cccc(F)c1. The van der Waals surface area contributed by atoms with Gasteiger partial charge in [0.25, 0.3) is 5.91 Å². The number of rotatable bonds is 8. The van der Waals surface area contributed by atoms with Crippen LogP contribution in [0, 0.1) is 11.6 Å². The Bertz CT molecular complexity index is 1610. The molecule has 0 saturated heterocycles. The number of amides is 1. The zero-order valence-corrected chi connectivity index (χ0v) is 24.4. The lowest BCUT2D eigenvalue weighted by molar-refractivity contribution is -0.142. The van der Waals surface area contributed by atoms with E-state index in [0.29, 0.717) is 34.1 Å². The van der Waals surface area contributed by atoms with Crippen LogP contribution in [0.25, 0.3) is 5.69 Å². The van der Waals surface area contributed by atoms with Crippen molar-refractivity contribution in [2.45, 2.75) is 50.5 Å². The first-order chi connectivity index (χ1) is 20.2. The first kappa shape index (κ1) is 29.7. The van der Waals surface area contributed by atoms with E-state index in [9.17, 15) is 18.4 Å². The number of ether oxygens (including phenoxy) is 1. The quantitative estimate of drug-likeness (QED) is 0.172. The largest absolute Gasteiger partial charge is 0.467 e. The number of carbonyl (C=O) groups is 2. The minimum Gasteiger partial charge on any atom is -0.467 e. The smallest absolute Gasteiger partial charge is 0.328 e. The van der Waals surface area contributed by atoms with Crippen molar-refractivity contribution in [3.8, 4) is 5.69 Å². The van der Waals surface area contributed by atoms with Crippen molar-refractivity contribution in [3.05, 3.63) is 116 Å². The van der Waals surface area contributed by atoms with Gasteiger partial charge in [0.05, 0.1) is 23.5 Å². The van der Waals surface area contributed by atoms with Gasteiger partial charge in [-0.2, -0.15) is 5.10 Å². The molecule has 0 fully saturated rings. The third kappa shape index (κ3) is 6.66. The monoisotopic (exact) mass is 611 g/mol. The molecule has 4 aromatic rings. The van der Waals surface area contributed by atoms with Crippen molar-refractivity contribution in [2.24, 2.45) is 0 Å². The van der Waals surface area contributed by atoms with Gasteiger partial charge < -0.3 is 10.1 Å². The van der Waals surface area contributed by atoms with Crippen molar-refractivity contribution < 1.29 is 23.1 Å². The standard InChI is InChI=1S/C32H29Cl2F2N3O3/c1-42-32(41)27(17-19-9-12-23(35)13-10-19)37-31(40)29-25-8-3-2-6-21(15-20-5-4-7-24(36)16-20)30(25)39(38-29)28-14-11-22(33)18-26(28)34/h4-5,7,9-14,16,18,21,27H,2-3,6,8,15,17H2,1H3,(H,37,40)/t21-,27+/m0/s1. The van der Waals surface area contributed by atoms with Gasteiger partial charge in [-0.1, -0.05) is 53.9 Å². The molecule has 1 amide bonds. The van der Waals surface area contributed by atoms with E-state index in [-0.39, 0.29) is 23.8 Å². The van der Waals surface area contributed by atoms with Crippen LogP contribution in [-0.4, -0.2) is 34.8 Å². The first-order valence-electron chi connectivity index (χ1n) is 13.7. The fourth-order valence-electron chi connectivity index (χ4n) is 5.54. The average Bonchev–Trinajstić information content (AvgIpc) is 3.22. The second-order valence-corrected chi connectivity index (χ2v) is 11.2. The maximum absolute atomic E-state index is 14.1. The molecule has 1 aromatic heterocycles. The number of carbonyl (C=O) groups excluding carboxylic acids is 2. The summed E-state index contributed by atoms with van der Waals surface area (Å²) in [5.41, 5.74) is 3.79. The molecule has 0 radical (unpaired) electrons. The average molecular weight is 613 g/mol. The molecular formula is C32H29Cl2F2N3O3. The third-order valence-corrected chi connectivity index (χ3v) is 8.05. The number of methoxy groups -OCH3 is 1. The van der Waals surface area contributed by atoms with E-state index < -0.39 is 23.7 Å². The van der Waals surface area contributed by atoms with E-state index in [0.717, 1.165) is 36.1 Å². The first-order valence-corrected chi connectivity index (χ1v) is 14.4. The van der Waals surface area contributed by atoms with E-state index in [4.69, 9.17) is 33.0 Å². The van der Waals surface area contributed by atoms with Crippen LogP contribution in [-0.2, 0) is 28.8 Å². The number of benzene rings is 3. The topological polar surface area (TPSA) is 73.2 Å². The van der Waals surface area contributed by atoms with E-state index >= 15 is 0 Å². The molecule has 0 unspecified atom stereocenters. The molecule has 3 aromatic carbocycles. The van der Waals surface area contributed by atoms with Crippen LogP contribution < -0.4 is 5.32 Å². The summed E-state index contributed by atoms with van der Waals surface area (Å²) in [5, 5.41) is 8.37. The Kier molecular flexibility index (Phi) is 9.24. The van der Waals surface area contributed by atoms with Gasteiger partial charge in [0.2, 0.25) is 0 Å². The predicted molar refractivity (Wildman–Crippen MR) is 157 cm³/mol. The summed E-state index contributed by atoms with van der Waals surface area (Å²) in [7, 11) is 1.24. The van der Waals surface area contributed by atoms with Crippen molar-refractivity contribution in [3.63, 3.8) is 0 Å². The fraction of sp³-hybridized carbons (Fsp3) is 0.281. The Labute approximate surface area is 252 Å². The molecule has 42 heavy (non-hydrogen) atoms. The highest BCUT2D eigenvalue weighted by Gasteiger charge is 2.33.